The third-order valence-electron chi connectivity index (χ3n) is 17.6. The maximum absolute atomic E-state index is 16.8. The first-order valence-electron chi connectivity index (χ1n) is 32.8. The summed E-state index contributed by atoms with van der Waals surface area (Å²) in [5.41, 5.74) is 0.970. The quantitative estimate of drug-likeness (QED) is 0.00816. The monoisotopic (exact) mass is 1390 g/mol. The predicted molar refractivity (Wildman–Crippen MR) is 355 cm³/mol. The molecule has 7 N–H and O–H groups in total. The highest BCUT2D eigenvalue weighted by Crippen LogP contribution is 2.67. The van der Waals surface area contributed by atoms with Crippen LogP contribution < -0.4 is 27.0 Å². The van der Waals surface area contributed by atoms with E-state index in [0.29, 0.717) is 42.4 Å². The number of rotatable bonds is 25. The Bertz CT molecular complexity index is 3960. The van der Waals surface area contributed by atoms with E-state index >= 15 is 13.6 Å². The van der Waals surface area contributed by atoms with Gasteiger partial charge in [0, 0.05) is 79.0 Å². The van der Waals surface area contributed by atoms with Crippen molar-refractivity contribution in [3.05, 3.63) is 142 Å². The molecule has 0 saturated carbocycles. The first-order valence-corrected chi connectivity index (χ1v) is 34.4. The molecule has 99 heavy (non-hydrogen) atoms. The molecule has 0 radical (unpaired) electrons. The molecule has 3 fully saturated rings. The Morgan fingerprint density at radius 2 is 1.41 bits per heavy atom. The zero-order valence-corrected chi connectivity index (χ0v) is 56.8. The summed E-state index contributed by atoms with van der Waals surface area (Å²) >= 11 is 0. The lowest BCUT2D eigenvalue weighted by Crippen LogP contribution is -2.62. The Hall–Kier alpha value is -9.64. The summed E-state index contributed by atoms with van der Waals surface area (Å²) in [4.78, 5) is 156. The van der Waals surface area contributed by atoms with Crippen LogP contribution in [0.2, 0.25) is 0 Å². The van der Waals surface area contributed by atoms with Crippen LogP contribution in [-0.2, 0) is 78.4 Å². The van der Waals surface area contributed by atoms with Gasteiger partial charge in [0.15, 0.2) is 0 Å². The van der Waals surface area contributed by atoms with E-state index in [4.69, 9.17) is 24.3 Å². The SMILES string of the molecule is CC(C)(C)C(=O)OCOP(=O)(OCOC(=O)C(C)(C)C)C(F)(F)c1ccc2[nH]c(C(=O)N[C@H]3CN(C(=O)CCCCCC#Cc4cccc5c4CN(C4CCC(=O)NC4=O)C5=O)CC[C@H]4CC[C@@H](C(=O)N[C@@H](CCC(N)=O)C(=O)NC(c5ccccc5)c5ccccc5)N4C3=O)cc2c1. The van der Waals surface area contributed by atoms with E-state index < -0.39 is 127 Å². The minimum absolute atomic E-state index is 0.0301. The van der Waals surface area contributed by atoms with E-state index in [1.165, 1.54) is 62.3 Å². The summed E-state index contributed by atoms with van der Waals surface area (Å²) < 4.78 is 67.8. The number of hydrogen-bond acceptors (Lipinski definition) is 16. The zero-order chi connectivity index (χ0) is 71.6. The van der Waals surface area contributed by atoms with E-state index in [2.05, 4.69) is 38.1 Å². The van der Waals surface area contributed by atoms with Gasteiger partial charge in [-0.15, -0.1) is 0 Å². The van der Waals surface area contributed by atoms with E-state index in [1.807, 2.05) is 60.7 Å². The summed E-state index contributed by atoms with van der Waals surface area (Å²) in [5.74, 6) is -0.781. The number of aromatic amines is 1. The van der Waals surface area contributed by atoms with Gasteiger partial charge in [0.25, 0.3) is 11.8 Å². The standard InChI is InChI=1S/C71H82F2N9O16P/c1-69(2,3)67(92)95-41-97-99(94,98-42-96-68(93)70(4,5)6)71(72,73)47-27-29-51-46(37-47)38-53(75-51)62(87)77-54-40-80(59(85)26-17-9-7-8-12-19-43-24-18-25-49-50(43)39-81(65(49)90)55-32-34-58(84)78-63(55)88)36-35-48-28-31-56(82(48)66(54)91)64(89)76-52(30-33-57(74)83)61(86)79-60(44-20-13-10-14-21-44)45-22-15-11-16-23-45/h10-11,13-16,18,20-25,27,29,37-38,48,52,54-56,60,75H,7-9,17,26,28,30-36,39-42H2,1-6H3,(H2,74,83)(H,76,89)(H,77,87)(H,79,86)(H,78,84,88)/t48-,52+,54+,55?,56+/m1/s1. The number of carbonyl (C=O) groups excluding carboxylic acids is 11. The molecule has 526 valence electrons. The number of nitrogens with one attached hydrogen (secondary N) is 5. The van der Waals surface area contributed by atoms with Crippen molar-refractivity contribution in [1.82, 2.24) is 41.0 Å². The van der Waals surface area contributed by atoms with E-state index in [1.54, 1.807) is 18.2 Å². The van der Waals surface area contributed by atoms with Crippen molar-refractivity contribution in [1.29, 1.82) is 0 Å². The van der Waals surface area contributed by atoms with Crippen LogP contribution in [0.1, 0.15) is 173 Å². The van der Waals surface area contributed by atoms with Crippen LogP contribution in [-0.4, -0.2) is 142 Å². The molecule has 4 aliphatic rings. The molecule has 1 aromatic heterocycles. The van der Waals surface area contributed by atoms with Gasteiger partial charge in [0.1, 0.15) is 29.9 Å². The molecule has 5 atom stereocenters. The van der Waals surface area contributed by atoms with Crippen molar-refractivity contribution < 1.29 is 84.6 Å². The summed E-state index contributed by atoms with van der Waals surface area (Å²) in [6.07, 6.45) is 2.52. The Labute approximate surface area is 571 Å². The van der Waals surface area contributed by atoms with Crippen LogP contribution in [0.25, 0.3) is 10.9 Å². The van der Waals surface area contributed by atoms with Crippen molar-refractivity contribution in [3.8, 4) is 11.8 Å². The second-order valence-corrected chi connectivity index (χ2v) is 29.0. The molecule has 1 unspecified atom stereocenters. The number of halogens is 2. The number of primary amides is 1. The fraction of sp³-hybridized carbons (Fsp3) is 0.451. The Balaban J connectivity index is 0.925. The molecular formula is C71H82F2N9O16P. The number of unbranched alkanes of at least 4 members (excludes halogenated alkanes) is 3. The third-order valence-corrected chi connectivity index (χ3v) is 19.5. The summed E-state index contributed by atoms with van der Waals surface area (Å²) in [6.45, 7) is 6.34. The van der Waals surface area contributed by atoms with Crippen molar-refractivity contribution in [3.63, 3.8) is 0 Å². The highest BCUT2D eigenvalue weighted by atomic mass is 31.2. The first kappa shape index (κ1) is 73.6. The van der Waals surface area contributed by atoms with E-state index in [9.17, 15) is 52.5 Å². The summed E-state index contributed by atoms with van der Waals surface area (Å²) in [5, 5.41) is 10.8. The lowest BCUT2D eigenvalue weighted by molar-refractivity contribution is -0.163. The summed E-state index contributed by atoms with van der Waals surface area (Å²) in [7, 11) is -5.76. The molecule has 4 aliphatic heterocycles. The molecule has 0 spiro atoms. The number of nitrogens with zero attached hydrogens (tertiary/aromatic N) is 3. The van der Waals surface area contributed by atoms with Crippen molar-refractivity contribution in [2.75, 3.05) is 26.7 Å². The first-order chi connectivity index (χ1) is 46.9. The van der Waals surface area contributed by atoms with Crippen LogP contribution in [0, 0.1) is 22.7 Å². The van der Waals surface area contributed by atoms with E-state index in [0.717, 1.165) is 29.3 Å². The number of piperidine rings is 1. The third kappa shape index (κ3) is 17.8. The molecule has 5 heterocycles. The molecule has 0 aliphatic carbocycles. The number of aromatic nitrogens is 1. The number of hydrogen-bond donors (Lipinski definition) is 6. The largest absolute Gasteiger partial charge is 0.438 e. The number of nitrogens with two attached hydrogens (primary N) is 1. The second kappa shape index (κ2) is 31.5. The van der Waals surface area contributed by atoms with Crippen LogP contribution in [0.5, 0.6) is 0 Å². The predicted octanol–water partition coefficient (Wildman–Crippen LogP) is 7.65. The molecule has 9 rings (SSSR count). The van der Waals surface area contributed by atoms with Gasteiger partial charge in [-0.1, -0.05) is 91.1 Å². The average molecular weight is 1390 g/mol. The second-order valence-electron chi connectivity index (χ2n) is 27.0. The van der Waals surface area contributed by atoms with Gasteiger partial charge in [-0.05, 0) is 134 Å². The van der Waals surface area contributed by atoms with Crippen LogP contribution in [0.15, 0.2) is 103 Å². The van der Waals surface area contributed by atoms with Gasteiger partial charge < -0.3 is 50.8 Å². The summed E-state index contributed by atoms with van der Waals surface area (Å²) in [6, 6.07) is 21.4. The number of benzene rings is 4. The Kier molecular flexibility index (Phi) is 23.4. The van der Waals surface area contributed by atoms with Gasteiger partial charge in [-0.25, -0.2) is 0 Å². The lowest BCUT2D eigenvalue weighted by atomic mass is 9.98. The van der Waals surface area contributed by atoms with Crippen molar-refractivity contribution in [2.45, 2.75) is 167 Å². The Morgan fingerprint density at radius 1 is 0.758 bits per heavy atom. The van der Waals surface area contributed by atoms with Gasteiger partial charge in [-0.3, -0.25) is 71.7 Å². The number of alkyl halides is 2. The molecular weight excluding hydrogens is 1300 g/mol. The molecule has 0 bridgehead atoms. The smallest absolute Gasteiger partial charge is 0.410 e. The highest BCUT2D eigenvalue weighted by Gasteiger charge is 2.56. The Morgan fingerprint density at radius 3 is 2.04 bits per heavy atom. The molecule has 25 nitrogen and oxygen atoms in total. The van der Waals surface area contributed by atoms with Crippen LogP contribution in [0.3, 0.4) is 0 Å². The topological polar surface area (TPSA) is 341 Å². The molecule has 9 amide bonds. The van der Waals surface area contributed by atoms with Crippen LogP contribution in [0.4, 0.5) is 8.78 Å². The van der Waals surface area contributed by atoms with Crippen molar-refractivity contribution in [2.24, 2.45) is 16.6 Å². The molecule has 4 aromatic carbocycles. The highest BCUT2D eigenvalue weighted by molar-refractivity contribution is 7.54. The van der Waals surface area contributed by atoms with Gasteiger partial charge in [0.05, 0.1) is 16.9 Å². The number of esters is 2. The van der Waals surface area contributed by atoms with Gasteiger partial charge in [-0.2, -0.15) is 8.78 Å². The minimum Gasteiger partial charge on any atom is -0.438 e. The zero-order valence-electron chi connectivity index (χ0n) is 56.0. The van der Waals surface area contributed by atoms with Gasteiger partial charge >= 0.3 is 25.2 Å². The lowest BCUT2D eigenvalue weighted by Gasteiger charge is -2.39. The number of amides is 9. The van der Waals surface area contributed by atoms with E-state index in [-0.39, 0.29) is 105 Å². The molecule has 28 heteroatoms. The number of ether oxygens (including phenoxy) is 2. The van der Waals surface area contributed by atoms with Crippen LogP contribution >= 0.6 is 7.60 Å². The average Bonchev–Trinajstić information content (AvgIpc) is 1.77. The van der Waals surface area contributed by atoms with Crippen molar-refractivity contribution >= 4 is 83.6 Å². The maximum atomic E-state index is 16.8. The fourth-order valence-corrected chi connectivity index (χ4v) is 13.4. The molecule has 3 saturated heterocycles. The number of H-pyrrole nitrogens is 1. The number of fused-ring (bicyclic) bond motifs is 3. The number of imide groups is 1. The normalized spacial score (nSPS) is 18.5. The van der Waals surface area contributed by atoms with Gasteiger partial charge in [0.2, 0.25) is 54.9 Å². The molecule has 5 aromatic rings. The maximum Gasteiger partial charge on any atom is 0.410 e. The number of carbonyl (C=O) groups is 11. The fourth-order valence-electron chi connectivity index (χ4n) is 12.1. The minimum atomic E-state index is -5.76.